The number of fused-ring (bicyclic) bond motifs is 1. The van der Waals surface area contributed by atoms with Crippen molar-refractivity contribution in [1.29, 1.82) is 0 Å². The highest BCUT2D eigenvalue weighted by atomic mass is 32.1. The maximum atomic E-state index is 8.51. The van der Waals surface area contributed by atoms with E-state index in [1.807, 2.05) is 0 Å². The third-order valence-electron chi connectivity index (χ3n) is 1.36. The summed E-state index contributed by atoms with van der Waals surface area (Å²) in [5.74, 6) is 0. The third-order valence-corrected chi connectivity index (χ3v) is 2.26. The first-order valence-corrected chi connectivity index (χ1v) is 5.05. The standard InChI is InChI=1S/C8H6S.HO2P/c1-2-4-8-7(3-1)5-6-9-8;1-3-2/h1-6H;3H/p+1. The lowest BCUT2D eigenvalue weighted by Gasteiger charge is -1.82. The van der Waals surface area contributed by atoms with Crippen LogP contribution >= 0.6 is 20.0 Å². The van der Waals surface area contributed by atoms with Crippen LogP contribution in [-0.4, -0.2) is 4.89 Å². The summed E-state index contributed by atoms with van der Waals surface area (Å²) < 4.78 is 9.89. The number of thiophene rings is 1. The average molecular weight is 199 g/mol. The first-order valence-electron chi connectivity index (χ1n) is 3.32. The van der Waals surface area contributed by atoms with Gasteiger partial charge in [-0.15, -0.1) is 11.3 Å². The summed E-state index contributed by atoms with van der Waals surface area (Å²) in [7, 11) is -1.17. The highest BCUT2D eigenvalue weighted by molar-refractivity contribution is 7.17. The first-order chi connectivity index (χ1) is 5.88. The molecule has 0 saturated heterocycles. The van der Waals surface area contributed by atoms with Crippen LogP contribution in [0, 0.1) is 0 Å². The maximum absolute atomic E-state index is 8.51. The van der Waals surface area contributed by atoms with E-state index >= 15 is 0 Å². The van der Waals surface area contributed by atoms with E-state index in [9.17, 15) is 0 Å². The lowest BCUT2D eigenvalue weighted by molar-refractivity contribution is 0.524. The van der Waals surface area contributed by atoms with E-state index in [1.54, 1.807) is 11.3 Å². The van der Waals surface area contributed by atoms with Gasteiger partial charge >= 0.3 is 8.69 Å². The SMILES string of the molecule is O=[PH+]O.c1ccc2sccc2c1. The Morgan fingerprint density at radius 1 is 1.25 bits per heavy atom. The van der Waals surface area contributed by atoms with Gasteiger partial charge in [-0.05, 0) is 27.5 Å². The Morgan fingerprint density at radius 2 is 1.92 bits per heavy atom. The Hall–Kier alpha value is -0.760. The largest absolute Gasteiger partial charge is 0.491 e. The van der Waals surface area contributed by atoms with Crippen molar-refractivity contribution in [2.45, 2.75) is 0 Å². The Kier molecular flexibility index (Phi) is 3.88. The van der Waals surface area contributed by atoms with Crippen molar-refractivity contribution < 1.29 is 9.46 Å². The van der Waals surface area contributed by atoms with Gasteiger partial charge in [0.15, 0.2) is 0 Å². The molecule has 0 amide bonds. The zero-order valence-electron chi connectivity index (χ0n) is 6.23. The summed E-state index contributed by atoms with van der Waals surface area (Å²) in [6, 6.07) is 10.5. The molecule has 0 aliphatic carbocycles. The molecule has 0 saturated carbocycles. The Morgan fingerprint density at radius 3 is 2.58 bits per heavy atom. The van der Waals surface area contributed by atoms with Crippen molar-refractivity contribution in [3.8, 4) is 0 Å². The Bertz CT molecular complexity index is 328. The molecule has 0 aliphatic rings. The van der Waals surface area contributed by atoms with Crippen LogP contribution in [0.4, 0.5) is 0 Å². The molecule has 4 heteroatoms. The van der Waals surface area contributed by atoms with Crippen LogP contribution in [0.1, 0.15) is 0 Å². The lowest BCUT2D eigenvalue weighted by Crippen LogP contribution is -1.56. The van der Waals surface area contributed by atoms with Crippen molar-refractivity contribution in [3.05, 3.63) is 35.7 Å². The van der Waals surface area contributed by atoms with E-state index in [0.29, 0.717) is 0 Å². The van der Waals surface area contributed by atoms with Crippen LogP contribution in [0.2, 0.25) is 0 Å². The molecule has 0 spiro atoms. The fourth-order valence-corrected chi connectivity index (χ4v) is 1.70. The van der Waals surface area contributed by atoms with Crippen molar-refractivity contribution in [3.63, 3.8) is 0 Å². The van der Waals surface area contributed by atoms with Gasteiger partial charge in [-0.3, -0.25) is 0 Å². The number of hydrogen-bond acceptors (Lipinski definition) is 2. The highest BCUT2D eigenvalue weighted by Gasteiger charge is 1.87. The van der Waals surface area contributed by atoms with E-state index in [-0.39, 0.29) is 0 Å². The van der Waals surface area contributed by atoms with Crippen LogP contribution in [0.5, 0.6) is 0 Å². The summed E-state index contributed by atoms with van der Waals surface area (Å²) >= 11 is 1.79. The van der Waals surface area contributed by atoms with Gasteiger partial charge in [-0.1, -0.05) is 18.2 Å². The third kappa shape index (κ3) is 2.38. The fraction of sp³-hybridized carbons (Fsp3) is 0. The molecule has 2 nitrogen and oxygen atoms in total. The zero-order valence-corrected chi connectivity index (χ0v) is 8.04. The number of benzene rings is 1. The van der Waals surface area contributed by atoms with Crippen LogP contribution in [0.25, 0.3) is 10.1 Å². The van der Waals surface area contributed by atoms with Crippen LogP contribution in [-0.2, 0) is 4.57 Å². The molecule has 1 aromatic heterocycles. The van der Waals surface area contributed by atoms with Crippen molar-refractivity contribution in [2.24, 2.45) is 0 Å². The maximum Gasteiger partial charge on any atom is 0.491 e. The normalized spacial score (nSPS) is 9.42. The molecule has 0 radical (unpaired) electrons. The minimum atomic E-state index is -1.17. The highest BCUT2D eigenvalue weighted by Crippen LogP contribution is 2.18. The number of rotatable bonds is 0. The van der Waals surface area contributed by atoms with Crippen molar-refractivity contribution in [2.75, 3.05) is 0 Å². The van der Waals surface area contributed by atoms with Crippen molar-refractivity contribution in [1.82, 2.24) is 0 Å². The minimum absolute atomic E-state index is 1.17. The van der Waals surface area contributed by atoms with E-state index in [4.69, 9.17) is 9.46 Å². The minimum Gasteiger partial charge on any atom is -0.162 e. The van der Waals surface area contributed by atoms with Gasteiger partial charge in [0, 0.05) is 4.70 Å². The van der Waals surface area contributed by atoms with E-state index < -0.39 is 8.69 Å². The molecule has 12 heavy (non-hydrogen) atoms. The molecule has 2 aromatic rings. The summed E-state index contributed by atoms with van der Waals surface area (Å²) in [5.41, 5.74) is 0. The molecule has 0 aliphatic heterocycles. The van der Waals surface area contributed by atoms with Gasteiger partial charge in [0.25, 0.3) is 0 Å². The van der Waals surface area contributed by atoms with Crippen LogP contribution in [0.15, 0.2) is 35.7 Å². The van der Waals surface area contributed by atoms with Gasteiger partial charge < -0.3 is 0 Å². The van der Waals surface area contributed by atoms with E-state index in [0.717, 1.165) is 0 Å². The predicted molar refractivity (Wildman–Crippen MR) is 53.0 cm³/mol. The first kappa shape index (κ1) is 9.33. The zero-order chi connectivity index (χ0) is 8.81. The number of hydrogen-bond donors (Lipinski definition) is 1. The molecule has 1 N–H and O–H groups in total. The fourth-order valence-electron chi connectivity index (χ4n) is 0.906. The Labute approximate surface area is 75.8 Å². The summed E-state index contributed by atoms with van der Waals surface area (Å²) in [5, 5.41) is 3.47. The van der Waals surface area contributed by atoms with Gasteiger partial charge in [0.1, 0.15) is 0 Å². The van der Waals surface area contributed by atoms with E-state index in [2.05, 4.69) is 35.7 Å². The smallest absolute Gasteiger partial charge is 0.162 e. The quantitative estimate of drug-likeness (QED) is 0.662. The van der Waals surface area contributed by atoms with E-state index in [1.165, 1.54) is 10.1 Å². The van der Waals surface area contributed by atoms with Crippen LogP contribution < -0.4 is 0 Å². The molecule has 1 unspecified atom stereocenters. The lowest BCUT2D eigenvalue weighted by atomic mass is 10.3. The topological polar surface area (TPSA) is 37.3 Å². The monoisotopic (exact) mass is 199 g/mol. The molecule has 2 rings (SSSR count). The molecule has 1 heterocycles. The van der Waals surface area contributed by atoms with Gasteiger partial charge in [-0.2, -0.15) is 4.89 Å². The summed E-state index contributed by atoms with van der Waals surface area (Å²) in [4.78, 5) is 7.04. The predicted octanol–water partition coefficient (Wildman–Crippen LogP) is 2.82. The molecule has 1 aromatic carbocycles. The van der Waals surface area contributed by atoms with Crippen LogP contribution in [0.3, 0.4) is 0 Å². The van der Waals surface area contributed by atoms with Gasteiger partial charge in [0.2, 0.25) is 0 Å². The molecule has 0 bridgehead atoms. The molecular formula is C8H8O2PS+. The molecule has 62 valence electrons. The molecular weight excluding hydrogens is 191 g/mol. The average Bonchev–Trinajstić information content (AvgIpc) is 2.52. The second-order valence-corrected chi connectivity index (χ2v) is 3.18. The molecule has 1 atom stereocenters. The second-order valence-electron chi connectivity index (χ2n) is 2.05. The van der Waals surface area contributed by atoms with Gasteiger partial charge in [0.05, 0.1) is 0 Å². The second kappa shape index (κ2) is 4.99. The van der Waals surface area contributed by atoms with Gasteiger partial charge in [-0.25, -0.2) is 0 Å². The Balaban J connectivity index is 0.000000213. The summed E-state index contributed by atoms with van der Waals surface area (Å²) in [6.07, 6.45) is 0. The molecule has 0 fully saturated rings. The summed E-state index contributed by atoms with van der Waals surface area (Å²) in [6.45, 7) is 0. The van der Waals surface area contributed by atoms with Crippen molar-refractivity contribution >= 4 is 30.1 Å².